The Hall–Kier alpha value is -1.40. The van der Waals surface area contributed by atoms with Gasteiger partial charge in [-0.05, 0) is 58.9 Å². The SMILES string of the molecule is CC(C)=CCC/C(C)=C/CC[C@@]1(C)O[C@@H]1Cc1c[nH]c([NH+]([O-])O)c1. The van der Waals surface area contributed by atoms with Gasteiger partial charge in [-0.3, -0.25) is 0 Å². The topological polar surface area (TPSA) is 76.0 Å². The summed E-state index contributed by atoms with van der Waals surface area (Å²) in [6.07, 6.45) is 11.6. The highest BCUT2D eigenvalue weighted by atomic mass is 16.8. The fourth-order valence-corrected chi connectivity index (χ4v) is 2.96. The lowest BCUT2D eigenvalue weighted by atomic mass is 9.96. The Morgan fingerprint density at radius 3 is 2.75 bits per heavy atom. The molecule has 0 bridgehead atoms. The van der Waals surface area contributed by atoms with Gasteiger partial charge in [-0.1, -0.05) is 23.3 Å². The summed E-state index contributed by atoms with van der Waals surface area (Å²) < 4.78 is 5.87. The van der Waals surface area contributed by atoms with Crippen LogP contribution < -0.4 is 5.23 Å². The van der Waals surface area contributed by atoms with Crippen molar-refractivity contribution in [3.63, 3.8) is 0 Å². The Labute approximate surface area is 144 Å². The molecule has 2 rings (SSSR count). The second-order valence-corrected chi connectivity index (χ2v) is 7.26. The molecule has 5 nitrogen and oxygen atoms in total. The lowest BCUT2D eigenvalue weighted by Crippen LogP contribution is -2.99. The van der Waals surface area contributed by atoms with Gasteiger partial charge in [-0.2, -0.15) is 5.23 Å². The van der Waals surface area contributed by atoms with Gasteiger partial charge >= 0.3 is 0 Å². The van der Waals surface area contributed by atoms with Gasteiger partial charge in [0.15, 0.2) is 0 Å². The van der Waals surface area contributed by atoms with E-state index in [0.29, 0.717) is 0 Å². The van der Waals surface area contributed by atoms with Crippen molar-refractivity contribution in [2.45, 2.75) is 71.5 Å². The molecule has 1 fully saturated rings. The number of allylic oxidation sites excluding steroid dienone is 4. The van der Waals surface area contributed by atoms with E-state index in [1.54, 1.807) is 12.3 Å². The largest absolute Gasteiger partial charge is 0.594 e. The van der Waals surface area contributed by atoms with Crippen molar-refractivity contribution in [3.05, 3.63) is 46.3 Å². The molecule has 1 unspecified atom stereocenters. The normalized spacial score (nSPS) is 24.8. The molecule has 0 radical (unpaired) electrons. The van der Waals surface area contributed by atoms with E-state index in [9.17, 15) is 5.21 Å². The van der Waals surface area contributed by atoms with Crippen LogP contribution in [-0.2, 0) is 11.2 Å². The van der Waals surface area contributed by atoms with Gasteiger partial charge in [0.2, 0.25) is 5.82 Å². The predicted molar refractivity (Wildman–Crippen MR) is 95.2 cm³/mol. The Kier molecular flexibility index (Phi) is 6.40. The minimum Gasteiger partial charge on any atom is -0.594 e. The van der Waals surface area contributed by atoms with Crippen LogP contribution in [0.5, 0.6) is 0 Å². The summed E-state index contributed by atoms with van der Waals surface area (Å²) in [4.78, 5) is 2.78. The van der Waals surface area contributed by atoms with E-state index >= 15 is 0 Å². The van der Waals surface area contributed by atoms with Crippen molar-refractivity contribution in [2.24, 2.45) is 0 Å². The van der Waals surface area contributed by atoms with Gasteiger partial charge in [-0.15, -0.1) is 0 Å². The van der Waals surface area contributed by atoms with Crippen LogP contribution in [0.25, 0.3) is 0 Å². The molecule has 24 heavy (non-hydrogen) atoms. The first-order chi connectivity index (χ1) is 11.3. The van der Waals surface area contributed by atoms with E-state index in [1.165, 1.54) is 11.1 Å². The molecular weight excluding hydrogens is 304 g/mol. The van der Waals surface area contributed by atoms with Crippen molar-refractivity contribution in [1.29, 1.82) is 0 Å². The number of rotatable bonds is 9. The molecule has 0 amide bonds. The van der Waals surface area contributed by atoms with Crippen LogP contribution >= 0.6 is 0 Å². The number of nitrogens with one attached hydrogen (secondary N) is 2. The zero-order valence-corrected chi connectivity index (χ0v) is 15.2. The second kappa shape index (κ2) is 8.12. The minimum absolute atomic E-state index is 0.0721. The molecule has 0 spiro atoms. The Bertz CT molecular complexity index is 600. The molecule has 3 atom stereocenters. The molecule has 0 saturated carbocycles. The predicted octanol–water partition coefficient (Wildman–Crippen LogP) is 3.59. The number of hydrogen-bond donors (Lipinski definition) is 3. The molecule has 0 aromatic carbocycles. The quantitative estimate of drug-likeness (QED) is 0.367. The molecule has 134 valence electrons. The van der Waals surface area contributed by atoms with Crippen molar-refractivity contribution >= 4 is 5.82 Å². The molecule has 0 aliphatic carbocycles. The Morgan fingerprint density at radius 1 is 1.38 bits per heavy atom. The highest BCUT2D eigenvalue weighted by Crippen LogP contribution is 2.42. The minimum atomic E-state index is -0.922. The van der Waals surface area contributed by atoms with Crippen LogP contribution in [0.1, 0.15) is 58.9 Å². The van der Waals surface area contributed by atoms with Gasteiger partial charge in [0.1, 0.15) is 0 Å². The van der Waals surface area contributed by atoms with Gasteiger partial charge in [0.05, 0.1) is 11.7 Å². The van der Waals surface area contributed by atoms with E-state index in [-0.39, 0.29) is 17.5 Å². The summed E-state index contributed by atoms with van der Waals surface area (Å²) in [5.74, 6) is 0.238. The standard InChI is InChI=1S/C19H30N2O3/c1-14(2)7-5-8-15(3)9-6-10-19(4)17(24-19)11-16-12-18(20-13-16)21(22)23/h7,9,12-13,17,20-22H,5-6,8,10-11H2,1-4H3/b15-9+/t17-,19-/m1/s1. The van der Waals surface area contributed by atoms with Gasteiger partial charge in [0, 0.05) is 18.7 Å². The number of ether oxygens (including phenoxy) is 1. The van der Waals surface area contributed by atoms with Gasteiger partial charge < -0.3 is 14.9 Å². The maximum absolute atomic E-state index is 10.9. The van der Waals surface area contributed by atoms with Gasteiger partial charge in [-0.25, -0.2) is 5.21 Å². The van der Waals surface area contributed by atoms with Crippen molar-refractivity contribution < 1.29 is 15.2 Å². The third-order valence-corrected chi connectivity index (χ3v) is 4.65. The summed E-state index contributed by atoms with van der Waals surface area (Å²) in [5, 5.41) is 18.9. The molecule has 1 aliphatic heterocycles. The summed E-state index contributed by atoms with van der Waals surface area (Å²) >= 11 is 0. The first-order valence-electron chi connectivity index (χ1n) is 8.67. The van der Waals surface area contributed by atoms with Gasteiger partial charge in [0.25, 0.3) is 0 Å². The van der Waals surface area contributed by atoms with E-state index in [1.807, 2.05) is 0 Å². The Balaban J connectivity index is 1.73. The maximum Gasteiger partial charge on any atom is 0.237 e. The third-order valence-electron chi connectivity index (χ3n) is 4.65. The lowest BCUT2D eigenvalue weighted by Gasteiger charge is -2.07. The molecule has 1 aliphatic rings. The number of aromatic amines is 1. The van der Waals surface area contributed by atoms with E-state index in [4.69, 9.17) is 9.94 Å². The number of quaternary nitrogens is 1. The summed E-state index contributed by atoms with van der Waals surface area (Å²) in [7, 11) is 0. The monoisotopic (exact) mass is 334 g/mol. The van der Waals surface area contributed by atoms with Crippen molar-refractivity contribution in [3.8, 4) is 0 Å². The van der Waals surface area contributed by atoms with Crippen molar-refractivity contribution in [1.82, 2.24) is 4.98 Å². The molecule has 1 aromatic rings. The fraction of sp³-hybridized carbons (Fsp3) is 0.579. The number of epoxide rings is 1. The van der Waals surface area contributed by atoms with Crippen molar-refractivity contribution in [2.75, 3.05) is 0 Å². The second-order valence-electron chi connectivity index (χ2n) is 7.26. The van der Waals surface area contributed by atoms with Crippen LogP contribution in [0.15, 0.2) is 35.6 Å². The summed E-state index contributed by atoms with van der Waals surface area (Å²) in [6.45, 7) is 8.61. The average molecular weight is 334 g/mol. The fourth-order valence-electron chi connectivity index (χ4n) is 2.96. The smallest absolute Gasteiger partial charge is 0.237 e. The average Bonchev–Trinajstić information content (AvgIpc) is 2.91. The van der Waals surface area contributed by atoms with Crippen LogP contribution in [0, 0.1) is 5.21 Å². The lowest BCUT2D eigenvalue weighted by molar-refractivity contribution is -0.993. The summed E-state index contributed by atoms with van der Waals surface area (Å²) in [6, 6.07) is 1.69. The molecular formula is C19H30N2O3. The van der Waals surface area contributed by atoms with Crippen LogP contribution in [-0.4, -0.2) is 21.9 Å². The molecule has 1 saturated heterocycles. The first-order valence-corrected chi connectivity index (χ1v) is 8.67. The summed E-state index contributed by atoms with van der Waals surface area (Å²) in [5.41, 5.74) is 3.73. The molecule has 1 aromatic heterocycles. The number of hydrogen-bond acceptors (Lipinski definition) is 3. The maximum atomic E-state index is 10.9. The number of H-pyrrole nitrogens is 1. The molecule has 5 heteroatoms. The first kappa shape index (κ1) is 18.9. The zero-order chi connectivity index (χ0) is 17.7. The van der Waals surface area contributed by atoms with Crippen LogP contribution in [0.2, 0.25) is 0 Å². The molecule has 3 N–H and O–H groups in total. The third kappa shape index (κ3) is 5.60. The van der Waals surface area contributed by atoms with E-state index in [0.717, 1.165) is 37.7 Å². The van der Waals surface area contributed by atoms with E-state index in [2.05, 4.69) is 44.8 Å². The zero-order valence-electron chi connectivity index (χ0n) is 15.2. The highest BCUT2D eigenvalue weighted by Gasteiger charge is 2.51. The highest BCUT2D eigenvalue weighted by molar-refractivity contribution is 5.28. The number of aromatic nitrogens is 1. The van der Waals surface area contributed by atoms with Crippen LogP contribution in [0.4, 0.5) is 5.82 Å². The van der Waals surface area contributed by atoms with E-state index < -0.39 is 5.23 Å². The Morgan fingerprint density at radius 2 is 2.12 bits per heavy atom. The molecule has 2 heterocycles. The van der Waals surface area contributed by atoms with Crippen LogP contribution in [0.3, 0.4) is 0 Å².